The summed E-state index contributed by atoms with van der Waals surface area (Å²) in [4.78, 5) is 20.7. The molecule has 11 heavy (non-hydrogen) atoms. The number of carboxylic acids is 1. The predicted octanol–water partition coefficient (Wildman–Crippen LogP) is 0.191. The number of carbonyl (C=O) groups excluding carboxylic acids is 1. The lowest BCUT2D eigenvalue weighted by molar-refractivity contribution is -0.138. The van der Waals surface area contributed by atoms with Crippen molar-refractivity contribution in [1.29, 1.82) is 0 Å². The van der Waals surface area contributed by atoms with Gasteiger partial charge >= 0.3 is 5.97 Å². The van der Waals surface area contributed by atoms with Crippen LogP contribution in [0, 0.1) is 0 Å². The van der Waals surface area contributed by atoms with Gasteiger partial charge in [0.2, 0.25) is 0 Å². The molecule has 1 atom stereocenters. The number of hydrogen-bond donors (Lipinski definition) is 2. The monoisotopic (exact) mass is 160 g/mol. The quantitative estimate of drug-likeness (QED) is 0.602. The SMILES string of the molecule is CC(O)CC(=O)CCC(=O)O. The van der Waals surface area contributed by atoms with Gasteiger partial charge in [-0.3, -0.25) is 9.59 Å². The van der Waals surface area contributed by atoms with Crippen molar-refractivity contribution in [2.24, 2.45) is 0 Å². The van der Waals surface area contributed by atoms with Crippen LogP contribution >= 0.6 is 0 Å². The molecular formula is C7H12O4. The third-order valence-electron chi connectivity index (χ3n) is 1.14. The Morgan fingerprint density at radius 1 is 1.36 bits per heavy atom. The molecule has 0 aliphatic heterocycles. The maximum Gasteiger partial charge on any atom is 0.303 e. The molecule has 0 aromatic carbocycles. The van der Waals surface area contributed by atoms with E-state index in [-0.39, 0.29) is 25.0 Å². The Bertz CT molecular complexity index is 151. The molecule has 0 heterocycles. The van der Waals surface area contributed by atoms with Gasteiger partial charge in [-0.2, -0.15) is 0 Å². The summed E-state index contributed by atoms with van der Waals surface area (Å²) in [6.45, 7) is 1.50. The summed E-state index contributed by atoms with van der Waals surface area (Å²) in [5.74, 6) is -1.19. The zero-order valence-electron chi connectivity index (χ0n) is 6.41. The van der Waals surface area contributed by atoms with E-state index in [1.54, 1.807) is 0 Å². The fraction of sp³-hybridized carbons (Fsp3) is 0.714. The Hall–Kier alpha value is -0.900. The minimum Gasteiger partial charge on any atom is -0.481 e. The number of aliphatic carboxylic acids is 1. The fourth-order valence-electron chi connectivity index (χ4n) is 0.678. The van der Waals surface area contributed by atoms with E-state index >= 15 is 0 Å². The molecule has 2 N–H and O–H groups in total. The van der Waals surface area contributed by atoms with Gasteiger partial charge in [0.1, 0.15) is 5.78 Å². The van der Waals surface area contributed by atoms with E-state index < -0.39 is 12.1 Å². The highest BCUT2D eigenvalue weighted by Crippen LogP contribution is 1.98. The molecule has 1 unspecified atom stereocenters. The highest BCUT2D eigenvalue weighted by molar-refractivity contribution is 5.82. The summed E-state index contributed by atoms with van der Waals surface area (Å²) < 4.78 is 0. The first-order valence-corrected chi connectivity index (χ1v) is 3.44. The van der Waals surface area contributed by atoms with Gasteiger partial charge in [-0.05, 0) is 6.92 Å². The van der Waals surface area contributed by atoms with Crippen LogP contribution in [0.1, 0.15) is 26.2 Å². The zero-order valence-corrected chi connectivity index (χ0v) is 6.41. The number of carboxylic acid groups (broad SMARTS) is 1. The van der Waals surface area contributed by atoms with E-state index in [1.165, 1.54) is 6.92 Å². The summed E-state index contributed by atoms with van der Waals surface area (Å²) in [6.07, 6.45) is -0.754. The van der Waals surface area contributed by atoms with Crippen LogP contribution in [-0.2, 0) is 9.59 Å². The van der Waals surface area contributed by atoms with Crippen molar-refractivity contribution in [1.82, 2.24) is 0 Å². The predicted molar refractivity (Wildman–Crippen MR) is 38.2 cm³/mol. The van der Waals surface area contributed by atoms with Gasteiger partial charge in [0.25, 0.3) is 0 Å². The standard InChI is InChI=1S/C7H12O4/c1-5(8)4-6(9)2-3-7(10)11/h5,8H,2-4H2,1H3,(H,10,11). The van der Waals surface area contributed by atoms with Crippen LogP contribution < -0.4 is 0 Å². The second-order valence-electron chi connectivity index (χ2n) is 2.49. The molecule has 0 saturated heterocycles. The van der Waals surface area contributed by atoms with Crippen molar-refractivity contribution >= 4 is 11.8 Å². The molecule has 0 aliphatic carbocycles. The average molecular weight is 160 g/mol. The minimum atomic E-state index is -0.982. The number of ketones is 1. The highest BCUT2D eigenvalue weighted by atomic mass is 16.4. The van der Waals surface area contributed by atoms with Crippen molar-refractivity contribution in [3.8, 4) is 0 Å². The molecule has 0 fully saturated rings. The second kappa shape index (κ2) is 4.85. The molecular weight excluding hydrogens is 148 g/mol. The molecule has 0 rings (SSSR count). The van der Waals surface area contributed by atoms with E-state index in [9.17, 15) is 9.59 Å². The van der Waals surface area contributed by atoms with Crippen molar-refractivity contribution in [3.63, 3.8) is 0 Å². The molecule has 0 bridgehead atoms. The smallest absolute Gasteiger partial charge is 0.303 e. The van der Waals surface area contributed by atoms with Crippen molar-refractivity contribution in [2.75, 3.05) is 0 Å². The lowest BCUT2D eigenvalue weighted by Gasteiger charge is -2.00. The van der Waals surface area contributed by atoms with Gasteiger partial charge in [-0.1, -0.05) is 0 Å². The number of carbonyl (C=O) groups is 2. The molecule has 0 aromatic heterocycles. The second-order valence-corrected chi connectivity index (χ2v) is 2.49. The highest BCUT2D eigenvalue weighted by Gasteiger charge is 2.07. The number of rotatable bonds is 5. The minimum absolute atomic E-state index is 0.0141. The topological polar surface area (TPSA) is 74.6 Å². The summed E-state index contributed by atoms with van der Waals surface area (Å²) in [5.41, 5.74) is 0. The first-order valence-electron chi connectivity index (χ1n) is 3.44. The van der Waals surface area contributed by atoms with Gasteiger partial charge in [0, 0.05) is 12.8 Å². The molecule has 0 saturated carbocycles. The Kier molecular flexibility index (Phi) is 4.45. The van der Waals surface area contributed by atoms with Gasteiger partial charge in [0.15, 0.2) is 0 Å². The fourth-order valence-corrected chi connectivity index (χ4v) is 0.678. The normalized spacial score (nSPS) is 12.5. The van der Waals surface area contributed by atoms with Crippen LogP contribution in [0.5, 0.6) is 0 Å². The molecule has 64 valence electrons. The van der Waals surface area contributed by atoms with Crippen molar-refractivity contribution < 1.29 is 19.8 Å². The first-order chi connectivity index (χ1) is 5.02. The lowest BCUT2D eigenvalue weighted by atomic mass is 10.1. The van der Waals surface area contributed by atoms with E-state index in [2.05, 4.69) is 0 Å². The van der Waals surface area contributed by atoms with Crippen LogP contribution in [0.15, 0.2) is 0 Å². The van der Waals surface area contributed by atoms with Gasteiger partial charge < -0.3 is 10.2 Å². The van der Waals surface area contributed by atoms with Crippen molar-refractivity contribution in [3.05, 3.63) is 0 Å². The van der Waals surface area contributed by atoms with Gasteiger partial charge in [-0.25, -0.2) is 0 Å². The molecule has 4 heteroatoms. The van der Waals surface area contributed by atoms with E-state index in [1.807, 2.05) is 0 Å². The number of aliphatic hydroxyl groups is 1. The van der Waals surface area contributed by atoms with E-state index in [0.717, 1.165) is 0 Å². The molecule has 0 spiro atoms. The summed E-state index contributed by atoms with van der Waals surface area (Å²) in [7, 11) is 0. The molecule has 0 amide bonds. The number of aliphatic hydroxyl groups excluding tert-OH is 1. The molecule has 0 radical (unpaired) electrons. The van der Waals surface area contributed by atoms with Gasteiger partial charge in [0.05, 0.1) is 12.5 Å². The number of Topliss-reactive ketones (excluding diaryl/α,β-unsaturated/α-hetero) is 1. The Morgan fingerprint density at radius 3 is 2.27 bits per heavy atom. The maximum absolute atomic E-state index is 10.7. The summed E-state index contributed by atoms with van der Waals surface area (Å²) in [5, 5.41) is 16.9. The Morgan fingerprint density at radius 2 is 1.91 bits per heavy atom. The zero-order chi connectivity index (χ0) is 8.85. The molecule has 4 nitrogen and oxygen atoms in total. The molecule has 0 aromatic rings. The van der Waals surface area contributed by atoms with Crippen molar-refractivity contribution in [2.45, 2.75) is 32.3 Å². The van der Waals surface area contributed by atoms with Crippen LogP contribution in [0.3, 0.4) is 0 Å². The van der Waals surface area contributed by atoms with Gasteiger partial charge in [-0.15, -0.1) is 0 Å². The Balaban J connectivity index is 3.45. The first kappa shape index (κ1) is 10.1. The molecule has 0 aliphatic rings. The largest absolute Gasteiger partial charge is 0.481 e. The summed E-state index contributed by atoms with van der Waals surface area (Å²) in [6, 6.07) is 0. The van der Waals surface area contributed by atoms with E-state index in [4.69, 9.17) is 10.2 Å². The Labute approximate surface area is 64.8 Å². The van der Waals surface area contributed by atoms with Crippen LogP contribution in [-0.4, -0.2) is 28.1 Å². The maximum atomic E-state index is 10.7. The number of hydrogen-bond acceptors (Lipinski definition) is 3. The lowest BCUT2D eigenvalue weighted by Crippen LogP contribution is -2.10. The van der Waals surface area contributed by atoms with E-state index in [0.29, 0.717) is 0 Å². The third kappa shape index (κ3) is 6.99. The van der Waals surface area contributed by atoms with Crippen LogP contribution in [0.2, 0.25) is 0 Å². The van der Waals surface area contributed by atoms with Crippen LogP contribution in [0.4, 0.5) is 0 Å². The van der Waals surface area contributed by atoms with Crippen LogP contribution in [0.25, 0.3) is 0 Å². The average Bonchev–Trinajstić information content (AvgIpc) is 1.82. The summed E-state index contributed by atoms with van der Waals surface area (Å²) >= 11 is 0. The third-order valence-corrected chi connectivity index (χ3v) is 1.14.